The van der Waals surface area contributed by atoms with E-state index in [0.29, 0.717) is 33.9 Å². The van der Waals surface area contributed by atoms with Gasteiger partial charge in [-0.3, -0.25) is 14.6 Å². The number of carboxylic acid groups (broad SMARTS) is 1. The second kappa shape index (κ2) is 11.6. The predicted molar refractivity (Wildman–Crippen MR) is 127 cm³/mol. The fourth-order valence-electron chi connectivity index (χ4n) is 3.34. The molecule has 1 atom stereocenters. The van der Waals surface area contributed by atoms with Crippen molar-refractivity contribution in [3.8, 4) is 11.5 Å². The third-order valence-electron chi connectivity index (χ3n) is 5.05. The van der Waals surface area contributed by atoms with Crippen LogP contribution >= 0.6 is 24.0 Å². The average molecular weight is 481 g/mol. The van der Waals surface area contributed by atoms with Crippen LogP contribution in [0.15, 0.2) is 23.1 Å². The number of aliphatic carboxylic acids is 1. The Morgan fingerprint density at radius 3 is 2.75 bits per heavy atom. The Morgan fingerprint density at radius 1 is 1.31 bits per heavy atom. The molecule has 1 N–H and O–H groups in total. The van der Waals surface area contributed by atoms with Crippen LogP contribution in [-0.4, -0.2) is 83.2 Å². The zero-order valence-electron chi connectivity index (χ0n) is 18.2. The lowest BCUT2D eigenvalue weighted by Gasteiger charge is -2.27. The number of hydrogen-bond donors (Lipinski definition) is 1. The van der Waals surface area contributed by atoms with Gasteiger partial charge in [0.15, 0.2) is 17.6 Å². The predicted octanol–water partition coefficient (Wildman–Crippen LogP) is 2.86. The molecule has 1 unspecified atom stereocenters. The van der Waals surface area contributed by atoms with Crippen LogP contribution in [0.5, 0.6) is 11.5 Å². The zero-order chi connectivity index (χ0) is 23.1. The highest BCUT2D eigenvalue weighted by atomic mass is 32.2. The summed E-state index contributed by atoms with van der Waals surface area (Å²) >= 11 is 6.72. The number of carbonyl (C=O) groups is 2. The fraction of sp³-hybridized carbons (Fsp3) is 0.500. The Hall–Kier alpha value is -2.14. The van der Waals surface area contributed by atoms with Gasteiger partial charge in [-0.1, -0.05) is 30.0 Å². The summed E-state index contributed by atoms with van der Waals surface area (Å²) in [6.07, 6.45) is 1.62. The Kier molecular flexibility index (Phi) is 8.92. The molecule has 0 aliphatic carbocycles. The van der Waals surface area contributed by atoms with E-state index in [1.807, 2.05) is 6.92 Å². The summed E-state index contributed by atoms with van der Waals surface area (Å²) < 4.78 is 17.0. The maximum absolute atomic E-state index is 12.9. The van der Waals surface area contributed by atoms with Gasteiger partial charge >= 0.3 is 5.97 Å². The lowest BCUT2D eigenvalue weighted by molar-refractivity contribution is -0.144. The Morgan fingerprint density at radius 2 is 2.06 bits per heavy atom. The molecule has 1 aromatic rings. The molecule has 1 amide bonds. The van der Waals surface area contributed by atoms with Gasteiger partial charge in [0.05, 0.1) is 24.7 Å². The molecule has 2 aliphatic rings. The largest absolute Gasteiger partial charge is 0.490 e. The van der Waals surface area contributed by atoms with Crippen LogP contribution in [0, 0.1) is 0 Å². The van der Waals surface area contributed by atoms with Crippen molar-refractivity contribution in [1.29, 1.82) is 0 Å². The van der Waals surface area contributed by atoms with E-state index in [0.717, 1.165) is 44.8 Å². The van der Waals surface area contributed by atoms with Crippen molar-refractivity contribution in [2.45, 2.75) is 26.4 Å². The van der Waals surface area contributed by atoms with Gasteiger partial charge in [-0.05, 0) is 44.0 Å². The number of hydrogen-bond acceptors (Lipinski definition) is 8. The summed E-state index contributed by atoms with van der Waals surface area (Å²) in [6, 6.07) is 5.15. The van der Waals surface area contributed by atoms with Crippen molar-refractivity contribution < 1.29 is 28.9 Å². The summed E-state index contributed by atoms with van der Waals surface area (Å²) in [4.78, 5) is 28.5. The van der Waals surface area contributed by atoms with Crippen LogP contribution in [0.1, 0.15) is 25.8 Å². The van der Waals surface area contributed by atoms with Crippen molar-refractivity contribution in [3.63, 3.8) is 0 Å². The molecular weight excluding hydrogens is 452 g/mol. The summed E-state index contributed by atoms with van der Waals surface area (Å²) in [5.74, 6) is -0.390. The smallest absolute Gasteiger partial charge is 0.344 e. The number of carboxylic acids is 1. The Balaban J connectivity index is 1.66. The molecule has 2 fully saturated rings. The van der Waals surface area contributed by atoms with Crippen LogP contribution in [0.25, 0.3) is 6.08 Å². The molecule has 174 valence electrons. The third-order valence-corrected chi connectivity index (χ3v) is 6.43. The van der Waals surface area contributed by atoms with Crippen molar-refractivity contribution in [2.75, 3.05) is 46.0 Å². The topological polar surface area (TPSA) is 88.5 Å². The Bertz CT molecular complexity index is 885. The fourth-order valence-corrected chi connectivity index (χ4v) is 4.65. The van der Waals surface area contributed by atoms with E-state index in [9.17, 15) is 9.59 Å². The third kappa shape index (κ3) is 6.44. The van der Waals surface area contributed by atoms with Crippen molar-refractivity contribution in [2.24, 2.45) is 0 Å². The highest BCUT2D eigenvalue weighted by Crippen LogP contribution is 2.35. The van der Waals surface area contributed by atoms with Crippen molar-refractivity contribution in [3.05, 3.63) is 28.7 Å². The number of nitrogens with zero attached hydrogens (tertiary/aromatic N) is 2. The number of ether oxygens (including phenoxy) is 3. The van der Waals surface area contributed by atoms with Crippen molar-refractivity contribution >= 4 is 46.3 Å². The molecule has 0 radical (unpaired) electrons. The minimum Gasteiger partial charge on any atom is -0.490 e. The average Bonchev–Trinajstić information content (AvgIpc) is 3.03. The number of rotatable bonds is 10. The first kappa shape index (κ1) is 24.5. The summed E-state index contributed by atoms with van der Waals surface area (Å²) in [6.45, 7) is 8.54. The first-order valence-corrected chi connectivity index (χ1v) is 11.8. The molecule has 2 heterocycles. The minimum absolute atomic E-state index is 0.0974. The van der Waals surface area contributed by atoms with Gasteiger partial charge in [-0.25, -0.2) is 4.79 Å². The van der Waals surface area contributed by atoms with Gasteiger partial charge in [0.2, 0.25) is 0 Å². The number of amides is 1. The van der Waals surface area contributed by atoms with Crippen LogP contribution in [0.4, 0.5) is 0 Å². The lowest BCUT2D eigenvalue weighted by atomic mass is 10.1. The van der Waals surface area contributed by atoms with E-state index in [4.69, 9.17) is 31.5 Å². The molecule has 0 bridgehead atoms. The molecular formula is C22H28N2O6S2. The molecule has 0 spiro atoms. The van der Waals surface area contributed by atoms with Gasteiger partial charge in [0.25, 0.3) is 5.91 Å². The highest BCUT2D eigenvalue weighted by Gasteiger charge is 2.31. The van der Waals surface area contributed by atoms with Gasteiger partial charge in [-0.2, -0.15) is 0 Å². The lowest BCUT2D eigenvalue weighted by Crippen LogP contribution is -2.38. The van der Waals surface area contributed by atoms with E-state index >= 15 is 0 Å². The van der Waals surface area contributed by atoms with Gasteiger partial charge in [0, 0.05) is 26.2 Å². The molecule has 1 aromatic carbocycles. The maximum Gasteiger partial charge on any atom is 0.344 e. The number of benzene rings is 1. The second-order valence-electron chi connectivity index (χ2n) is 7.38. The van der Waals surface area contributed by atoms with E-state index in [1.54, 1.807) is 29.2 Å². The van der Waals surface area contributed by atoms with Gasteiger partial charge in [-0.15, -0.1) is 0 Å². The zero-order valence-corrected chi connectivity index (χ0v) is 19.9. The summed E-state index contributed by atoms with van der Waals surface area (Å²) in [5.41, 5.74) is 0.748. The van der Waals surface area contributed by atoms with Crippen LogP contribution in [0.2, 0.25) is 0 Å². The minimum atomic E-state index is -1.06. The maximum atomic E-state index is 12.9. The number of thioether (sulfide) groups is 1. The van der Waals surface area contributed by atoms with Crippen LogP contribution < -0.4 is 9.47 Å². The first-order valence-electron chi connectivity index (χ1n) is 10.6. The number of morpholine rings is 1. The molecule has 0 aromatic heterocycles. The molecule has 8 nitrogen and oxygen atoms in total. The molecule has 32 heavy (non-hydrogen) atoms. The van der Waals surface area contributed by atoms with Gasteiger partial charge in [0.1, 0.15) is 4.32 Å². The summed E-state index contributed by atoms with van der Waals surface area (Å²) in [5, 5.41) is 9.08. The van der Waals surface area contributed by atoms with E-state index in [2.05, 4.69) is 4.90 Å². The number of carbonyl (C=O) groups excluding carboxylic acids is 1. The molecule has 2 saturated heterocycles. The molecule has 2 aliphatic heterocycles. The Labute approximate surface area is 197 Å². The molecule has 0 saturated carbocycles. The SMILES string of the molecule is CCOc1cc(/C=C2/SC(=S)N(CCCN3CCOCC3)C2=O)ccc1OC(C)C(=O)O. The summed E-state index contributed by atoms with van der Waals surface area (Å²) in [7, 11) is 0. The highest BCUT2D eigenvalue weighted by molar-refractivity contribution is 8.26. The normalized spacial score (nSPS) is 19.4. The number of thiocarbonyl (C=S) groups is 1. The molecule has 10 heteroatoms. The first-order chi connectivity index (χ1) is 15.4. The standard InChI is InChI=1S/C22H28N2O6S2/c1-3-29-18-13-16(5-6-17(18)30-15(2)21(26)27)14-19-20(25)24(22(31)32-19)8-4-7-23-9-11-28-12-10-23/h5-6,13-15H,3-4,7-12H2,1-2H3,(H,26,27)/b19-14+. The van der Waals surface area contributed by atoms with E-state index in [1.165, 1.54) is 18.7 Å². The second-order valence-corrected chi connectivity index (χ2v) is 9.05. The van der Waals surface area contributed by atoms with Crippen LogP contribution in [0.3, 0.4) is 0 Å². The van der Waals surface area contributed by atoms with E-state index < -0.39 is 12.1 Å². The molecule has 3 rings (SSSR count). The quantitative estimate of drug-likeness (QED) is 0.401. The van der Waals surface area contributed by atoms with Crippen LogP contribution in [-0.2, 0) is 14.3 Å². The van der Waals surface area contributed by atoms with E-state index in [-0.39, 0.29) is 5.91 Å². The monoisotopic (exact) mass is 480 g/mol. The van der Waals surface area contributed by atoms with Gasteiger partial charge < -0.3 is 19.3 Å². The van der Waals surface area contributed by atoms with Crippen molar-refractivity contribution in [1.82, 2.24) is 9.80 Å².